The second-order valence-electron chi connectivity index (χ2n) is 5.04. The number of aryl methyl sites for hydroxylation is 1. The summed E-state index contributed by atoms with van der Waals surface area (Å²) in [4.78, 5) is 23.2. The summed E-state index contributed by atoms with van der Waals surface area (Å²) in [6.07, 6.45) is -0.699. The van der Waals surface area contributed by atoms with Gasteiger partial charge in [0.1, 0.15) is 5.60 Å². The van der Waals surface area contributed by atoms with Gasteiger partial charge in [0.2, 0.25) is 0 Å². The molecule has 0 atom stereocenters. The molecule has 0 spiro atoms. The SMILES string of the molecule is Cc1cc(Br)ccc1C(=O)NNC(=O)OC(C)(C)C. The van der Waals surface area contributed by atoms with E-state index in [0.717, 1.165) is 10.0 Å². The van der Waals surface area contributed by atoms with Gasteiger partial charge in [0, 0.05) is 10.0 Å². The maximum atomic E-state index is 11.9. The minimum atomic E-state index is -0.699. The minimum Gasteiger partial charge on any atom is -0.443 e. The molecular formula is C13H17BrN2O3. The molecule has 0 bridgehead atoms. The highest BCUT2D eigenvalue weighted by Gasteiger charge is 2.17. The summed E-state index contributed by atoms with van der Waals surface area (Å²) < 4.78 is 5.89. The van der Waals surface area contributed by atoms with E-state index < -0.39 is 17.6 Å². The van der Waals surface area contributed by atoms with Gasteiger partial charge in [0.05, 0.1) is 0 Å². The molecule has 0 saturated heterocycles. The number of amides is 2. The normalized spacial score (nSPS) is 10.8. The molecular weight excluding hydrogens is 312 g/mol. The van der Waals surface area contributed by atoms with E-state index in [-0.39, 0.29) is 0 Å². The molecule has 1 rings (SSSR count). The Morgan fingerprint density at radius 3 is 2.37 bits per heavy atom. The number of ether oxygens (including phenoxy) is 1. The third-order valence-electron chi connectivity index (χ3n) is 2.11. The van der Waals surface area contributed by atoms with Crippen LogP contribution in [-0.4, -0.2) is 17.6 Å². The second kappa shape index (κ2) is 6.06. The highest BCUT2D eigenvalue weighted by molar-refractivity contribution is 9.10. The first kappa shape index (κ1) is 15.5. The first-order valence-electron chi connectivity index (χ1n) is 5.74. The van der Waals surface area contributed by atoms with E-state index in [1.165, 1.54) is 0 Å². The van der Waals surface area contributed by atoms with Crippen LogP contribution in [0.15, 0.2) is 22.7 Å². The number of hydrogen-bond donors (Lipinski definition) is 2. The fourth-order valence-electron chi connectivity index (χ4n) is 1.36. The smallest absolute Gasteiger partial charge is 0.426 e. The highest BCUT2D eigenvalue weighted by atomic mass is 79.9. The molecule has 0 radical (unpaired) electrons. The maximum absolute atomic E-state index is 11.9. The molecule has 1 aromatic carbocycles. The van der Waals surface area contributed by atoms with Crippen molar-refractivity contribution in [1.29, 1.82) is 0 Å². The molecule has 5 nitrogen and oxygen atoms in total. The number of carbonyl (C=O) groups is 2. The van der Waals surface area contributed by atoms with Gasteiger partial charge < -0.3 is 4.74 Å². The monoisotopic (exact) mass is 328 g/mol. The average Bonchev–Trinajstić information content (AvgIpc) is 2.23. The molecule has 0 aromatic heterocycles. The van der Waals surface area contributed by atoms with E-state index in [1.807, 2.05) is 13.0 Å². The van der Waals surface area contributed by atoms with E-state index in [2.05, 4.69) is 26.8 Å². The Kier molecular flexibility index (Phi) is 4.94. The van der Waals surface area contributed by atoms with E-state index in [0.29, 0.717) is 5.56 Å². The van der Waals surface area contributed by atoms with Crippen molar-refractivity contribution < 1.29 is 14.3 Å². The fourth-order valence-corrected chi connectivity index (χ4v) is 1.84. The number of benzene rings is 1. The molecule has 1 aromatic rings. The zero-order valence-corrected chi connectivity index (χ0v) is 12.9. The Labute approximate surface area is 120 Å². The summed E-state index contributed by atoms with van der Waals surface area (Å²) in [5, 5.41) is 0. The Bertz CT molecular complexity index is 495. The Balaban J connectivity index is 2.59. The zero-order valence-electron chi connectivity index (χ0n) is 11.3. The summed E-state index contributed by atoms with van der Waals surface area (Å²) in [5.74, 6) is -0.393. The van der Waals surface area contributed by atoms with E-state index in [9.17, 15) is 9.59 Å². The molecule has 0 aliphatic heterocycles. The number of hydrogen-bond acceptors (Lipinski definition) is 3. The van der Waals surface area contributed by atoms with Gasteiger partial charge in [-0.15, -0.1) is 0 Å². The molecule has 0 fully saturated rings. The van der Waals surface area contributed by atoms with Crippen molar-refractivity contribution >= 4 is 27.9 Å². The Morgan fingerprint density at radius 2 is 1.84 bits per heavy atom. The number of carbonyl (C=O) groups excluding carboxylic acids is 2. The predicted octanol–water partition coefficient (Wildman–Crippen LogP) is 2.93. The number of hydrazine groups is 1. The van der Waals surface area contributed by atoms with Crippen LogP contribution in [0.2, 0.25) is 0 Å². The first-order chi connectivity index (χ1) is 8.69. The van der Waals surface area contributed by atoms with Crippen molar-refractivity contribution in [2.75, 3.05) is 0 Å². The molecule has 0 aliphatic rings. The van der Waals surface area contributed by atoms with Gasteiger partial charge in [-0.3, -0.25) is 10.2 Å². The summed E-state index contributed by atoms with van der Waals surface area (Å²) >= 11 is 3.32. The van der Waals surface area contributed by atoms with Crippen LogP contribution in [-0.2, 0) is 4.74 Å². The van der Waals surface area contributed by atoms with Gasteiger partial charge in [0.15, 0.2) is 0 Å². The minimum absolute atomic E-state index is 0.393. The largest absolute Gasteiger partial charge is 0.443 e. The average molecular weight is 329 g/mol. The van der Waals surface area contributed by atoms with Crippen LogP contribution in [0.1, 0.15) is 36.7 Å². The zero-order chi connectivity index (χ0) is 14.6. The third-order valence-corrected chi connectivity index (χ3v) is 2.60. The van der Waals surface area contributed by atoms with Gasteiger partial charge in [0.25, 0.3) is 5.91 Å². The molecule has 0 unspecified atom stereocenters. The molecule has 0 aliphatic carbocycles. The van der Waals surface area contributed by atoms with Crippen LogP contribution in [0.5, 0.6) is 0 Å². The lowest BCUT2D eigenvalue weighted by atomic mass is 10.1. The van der Waals surface area contributed by atoms with E-state index in [4.69, 9.17) is 4.74 Å². The highest BCUT2D eigenvalue weighted by Crippen LogP contribution is 2.15. The van der Waals surface area contributed by atoms with Crippen molar-refractivity contribution in [2.45, 2.75) is 33.3 Å². The van der Waals surface area contributed by atoms with Crippen LogP contribution in [0.25, 0.3) is 0 Å². The van der Waals surface area contributed by atoms with Crippen LogP contribution in [0.4, 0.5) is 4.79 Å². The molecule has 19 heavy (non-hydrogen) atoms. The van der Waals surface area contributed by atoms with Crippen LogP contribution in [0.3, 0.4) is 0 Å². The number of rotatable bonds is 1. The van der Waals surface area contributed by atoms with Gasteiger partial charge in [-0.25, -0.2) is 10.2 Å². The lowest BCUT2D eigenvalue weighted by molar-refractivity contribution is 0.0483. The second-order valence-corrected chi connectivity index (χ2v) is 5.96. The Morgan fingerprint density at radius 1 is 1.21 bits per heavy atom. The number of halogens is 1. The summed E-state index contributed by atoms with van der Waals surface area (Å²) in [5.41, 5.74) is 5.19. The molecule has 2 amide bonds. The van der Waals surface area contributed by atoms with Crippen LogP contribution >= 0.6 is 15.9 Å². The molecule has 0 saturated carbocycles. The maximum Gasteiger partial charge on any atom is 0.426 e. The van der Waals surface area contributed by atoms with Crippen molar-refractivity contribution in [3.63, 3.8) is 0 Å². The summed E-state index contributed by atoms with van der Waals surface area (Å²) in [6, 6.07) is 5.25. The van der Waals surface area contributed by atoms with Crippen molar-refractivity contribution in [3.8, 4) is 0 Å². The topological polar surface area (TPSA) is 67.4 Å². The van der Waals surface area contributed by atoms with Crippen LogP contribution in [0, 0.1) is 6.92 Å². The quantitative estimate of drug-likeness (QED) is 0.779. The molecule has 104 valence electrons. The summed E-state index contributed by atoms with van der Waals surface area (Å²) in [6.45, 7) is 7.04. The standard InChI is InChI=1S/C13H17BrN2O3/c1-8-7-9(14)5-6-10(8)11(17)15-16-12(18)19-13(2,3)4/h5-7H,1-4H3,(H,15,17)(H,16,18). The van der Waals surface area contributed by atoms with E-state index >= 15 is 0 Å². The molecule has 6 heteroatoms. The molecule has 0 heterocycles. The van der Waals surface area contributed by atoms with Gasteiger partial charge >= 0.3 is 6.09 Å². The van der Waals surface area contributed by atoms with Gasteiger partial charge in [-0.05, 0) is 51.5 Å². The predicted molar refractivity (Wildman–Crippen MR) is 75.7 cm³/mol. The van der Waals surface area contributed by atoms with Gasteiger partial charge in [-0.2, -0.15) is 0 Å². The summed E-state index contributed by atoms with van der Waals surface area (Å²) in [7, 11) is 0. The lowest BCUT2D eigenvalue weighted by Gasteiger charge is -2.19. The van der Waals surface area contributed by atoms with E-state index in [1.54, 1.807) is 32.9 Å². The lowest BCUT2D eigenvalue weighted by Crippen LogP contribution is -2.44. The fraction of sp³-hybridized carbons (Fsp3) is 0.385. The Hall–Kier alpha value is -1.56. The van der Waals surface area contributed by atoms with Crippen molar-refractivity contribution in [1.82, 2.24) is 10.9 Å². The third kappa shape index (κ3) is 5.30. The van der Waals surface area contributed by atoms with Crippen molar-refractivity contribution in [2.24, 2.45) is 0 Å². The van der Waals surface area contributed by atoms with Crippen LogP contribution < -0.4 is 10.9 Å². The van der Waals surface area contributed by atoms with Gasteiger partial charge in [-0.1, -0.05) is 15.9 Å². The molecule has 2 N–H and O–H groups in total. The van der Waals surface area contributed by atoms with Crippen molar-refractivity contribution in [3.05, 3.63) is 33.8 Å². The first-order valence-corrected chi connectivity index (χ1v) is 6.54. The number of nitrogens with one attached hydrogen (secondary N) is 2.